The van der Waals surface area contributed by atoms with Crippen molar-refractivity contribution in [3.63, 3.8) is 0 Å². The van der Waals surface area contributed by atoms with E-state index in [0.29, 0.717) is 4.67 Å². The minimum Gasteiger partial charge on any atom is -0.494 e. The summed E-state index contributed by atoms with van der Waals surface area (Å²) in [6.07, 6.45) is 1.94. The van der Waals surface area contributed by atoms with Crippen molar-refractivity contribution < 1.29 is 9.47 Å². The number of ether oxygens (including phenoxy) is 2. The normalized spacial score (nSPS) is 12.5. The van der Waals surface area contributed by atoms with Gasteiger partial charge in [-0.3, -0.25) is 0 Å². The zero-order chi connectivity index (χ0) is 8.85. The standard InChI is InChI=1S/C8H15BrO2/c1-6(2)10-5-8(9)11-7(3)4/h5-7H,1-4H3/b8-5-. The fourth-order valence-electron chi connectivity index (χ4n) is 0.443. The lowest BCUT2D eigenvalue weighted by atomic mass is 10.5. The average Bonchev–Trinajstić information content (AvgIpc) is 1.82. The zero-order valence-corrected chi connectivity index (χ0v) is 9.01. The van der Waals surface area contributed by atoms with Crippen molar-refractivity contribution in [3.05, 3.63) is 10.9 Å². The van der Waals surface area contributed by atoms with E-state index < -0.39 is 0 Å². The van der Waals surface area contributed by atoms with Crippen molar-refractivity contribution in [1.82, 2.24) is 0 Å². The highest BCUT2D eigenvalue weighted by Crippen LogP contribution is 2.10. The summed E-state index contributed by atoms with van der Waals surface area (Å²) in [5, 5.41) is 0. The fraction of sp³-hybridized carbons (Fsp3) is 0.750. The lowest BCUT2D eigenvalue weighted by Gasteiger charge is -2.09. The zero-order valence-electron chi connectivity index (χ0n) is 7.43. The maximum Gasteiger partial charge on any atom is 0.197 e. The van der Waals surface area contributed by atoms with Crippen LogP contribution in [0.5, 0.6) is 0 Å². The maximum atomic E-state index is 5.25. The Morgan fingerprint density at radius 2 is 1.73 bits per heavy atom. The molecule has 0 aliphatic heterocycles. The van der Waals surface area contributed by atoms with Gasteiger partial charge in [0.1, 0.15) is 6.26 Å². The third kappa shape index (κ3) is 7.72. The van der Waals surface area contributed by atoms with Gasteiger partial charge in [0.05, 0.1) is 12.2 Å². The summed E-state index contributed by atoms with van der Waals surface area (Å²) in [7, 11) is 0. The second-order valence-corrected chi connectivity index (χ2v) is 3.55. The van der Waals surface area contributed by atoms with Crippen LogP contribution >= 0.6 is 15.9 Å². The van der Waals surface area contributed by atoms with E-state index in [1.165, 1.54) is 0 Å². The van der Waals surface area contributed by atoms with Crippen molar-refractivity contribution in [2.75, 3.05) is 0 Å². The molecule has 0 aliphatic carbocycles. The van der Waals surface area contributed by atoms with Crippen molar-refractivity contribution in [2.24, 2.45) is 0 Å². The van der Waals surface area contributed by atoms with Crippen LogP contribution in [0, 0.1) is 0 Å². The van der Waals surface area contributed by atoms with Gasteiger partial charge in [-0.1, -0.05) is 0 Å². The Hall–Kier alpha value is -0.180. The summed E-state index contributed by atoms with van der Waals surface area (Å²) in [6.45, 7) is 7.85. The largest absolute Gasteiger partial charge is 0.494 e. The molecule has 0 radical (unpaired) electrons. The molecule has 0 aromatic carbocycles. The van der Waals surface area contributed by atoms with Gasteiger partial charge in [0.15, 0.2) is 4.67 Å². The molecule has 0 aliphatic rings. The Kier molecular flexibility index (Phi) is 5.38. The molecule has 2 nitrogen and oxygen atoms in total. The first kappa shape index (κ1) is 10.8. The third-order valence-electron chi connectivity index (χ3n) is 0.781. The van der Waals surface area contributed by atoms with E-state index >= 15 is 0 Å². The molecule has 0 rings (SSSR count). The van der Waals surface area contributed by atoms with Gasteiger partial charge < -0.3 is 9.47 Å². The third-order valence-corrected chi connectivity index (χ3v) is 1.15. The molecular weight excluding hydrogens is 208 g/mol. The first-order valence-electron chi connectivity index (χ1n) is 3.70. The SMILES string of the molecule is CC(C)O/C=C(/Br)OC(C)C. The quantitative estimate of drug-likeness (QED) is 0.682. The first-order valence-corrected chi connectivity index (χ1v) is 4.49. The minimum absolute atomic E-state index is 0.177. The van der Waals surface area contributed by atoms with Crippen molar-refractivity contribution >= 4 is 15.9 Å². The summed E-state index contributed by atoms with van der Waals surface area (Å²) in [5.41, 5.74) is 0. The van der Waals surface area contributed by atoms with Crippen molar-refractivity contribution in [2.45, 2.75) is 39.9 Å². The summed E-state index contributed by atoms with van der Waals surface area (Å²) in [6, 6.07) is 0. The van der Waals surface area contributed by atoms with Gasteiger partial charge in [-0.05, 0) is 43.6 Å². The van der Waals surface area contributed by atoms with Gasteiger partial charge in [0.2, 0.25) is 0 Å². The molecule has 0 bridgehead atoms. The minimum atomic E-state index is 0.177. The highest BCUT2D eigenvalue weighted by molar-refractivity contribution is 9.11. The molecule has 0 aromatic heterocycles. The summed E-state index contributed by atoms with van der Waals surface area (Å²) in [4.78, 5) is 0. The van der Waals surface area contributed by atoms with Crippen molar-refractivity contribution in [1.29, 1.82) is 0 Å². The summed E-state index contributed by atoms with van der Waals surface area (Å²) < 4.78 is 11.1. The van der Waals surface area contributed by atoms with Crippen LogP contribution in [-0.4, -0.2) is 12.2 Å². The lowest BCUT2D eigenvalue weighted by Crippen LogP contribution is -2.01. The van der Waals surface area contributed by atoms with E-state index in [1.807, 2.05) is 27.7 Å². The molecule has 0 saturated carbocycles. The monoisotopic (exact) mass is 222 g/mol. The Labute approximate surface area is 76.7 Å². The Bertz CT molecular complexity index is 130. The molecule has 0 atom stereocenters. The van der Waals surface area contributed by atoms with Crippen LogP contribution in [0.25, 0.3) is 0 Å². The van der Waals surface area contributed by atoms with Crippen LogP contribution < -0.4 is 0 Å². The Morgan fingerprint density at radius 1 is 1.18 bits per heavy atom. The van der Waals surface area contributed by atoms with Crippen LogP contribution in [-0.2, 0) is 9.47 Å². The number of rotatable bonds is 4. The predicted octanol–water partition coefficient (Wildman–Crippen LogP) is 3.03. The molecular formula is C8H15BrO2. The van der Waals surface area contributed by atoms with Gasteiger partial charge in [-0.15, -0.1) is 0 Å². The molecule has 0 aromatic rings. The molecule has 66 valence electrons. The van der Waals surface area contributed by atoms with Crippen LogP contribution in [0.15, 0.2) is 10.9 Å². The van der Waals surface area contributed by atoms with Gasteiger partial charge in [-0.2, -0.15) is 0 Å². The van der Waals surface area contributed by atoms with E-state index in [9.17, 15) is 0 Å². The topological polar surface area (TPSA) is 18.5 Å². The highest BCUT2D eigenvalue weighted by atomic mass is 79.9. The summed E-state index contributed by atoms with van der Waals surface area (Å²) >= 11 is 3.22. The Balaban J connectivity index is 3.63. The number of halogens is 1. The second kappa shape index (κ2) is 5.47. The van der Waals surface area contributed by atoms with E-state index in [-0.39, 0.29) is 12.2 Å². The van der Waals surface area contributed by atoms with Gasteiger partial charge in [0.25, 0.3) is 0 Å². The van der Waals surface area contributed by atoms with E-state index in [4.69, 9.17) is 9.47 Å². The van der Waals surface area contributed by atoms with E-state index in [1.54, 1.807) is 6.26 Å². The maximum absolute atomic E-state index is 5.25. The second-order valence-electron chi connectivity index (χ2n) is 2.77. The molecule has 0 spiro atoms. The average molecular weight is 223 g/mol. The Morgan fingerprint density at radius 3 is 2.09 bits per heavy atom. The van der Waals surface area contributed by atoms with Gasteiger partial charge in [-0.25, -0.2) is 0 Å². The molecule has 0 N–H and O–H groups in total. The molecule has 3 heteroatoms. The van der Waals surface area contributed by atoms with E-state index in [0.717, 1.165) is 0 Å². The van der Waals surface area contributed by atoms with Crippen LogP contribution in [0.2, 0.25) is 0 Å². The number of hydrogen-bond donors (Lipinski definition) is 0. The molecule has 0 heterocycles. The van der Waals surface area contributed by atoms with Crippen LogP contribution in [0.3, 0.4) is 0 Å². The van der Waals surface area contributed by atoms with Crippen LogP contribution in [0.1, 0.15) is 27.7 Å². The lowest BCUT2D eigenvalue weighted by molar-refractivity contribution is 0.133. The molecule has 0 unspecified atom stereocenters. The van der Waals surface area contributed by atoms with Gasteiger partial charge in [0, 0.05) is 0 Å². The first-order chi connectivity index (χ1) is 5.02. The van der Waals surface area contributed by atoms with E-state index in [2.05, 4.69) is 15.9 Å². The smallest absolute Gasteiger partial charge is 0.197 e. The highest BCUT2D eigenvalue weighted by Gasteiger charge is 1.97. The molecule has 0 amide bonds. The molecule has 11 heavy (non-hydrogen) atoms. The predicted molar refractivity (Wildman–Crippen MR) is 49.5 cm³/mol. The van der Waals surface area contributed by atoms with Gasteiger partial charge >= 0.3 is 0 Å². The van der Waals surface area contributed by atoms with Crippen molar-refractivity contribution in [3.8, 4) is 0 Å². The summed E-state index contributed by atoms with van der Waals surface area (Å²) in [5.74, 6) is 0. The molecule has 0 saturated heterocycles. The number of hydrogen-bond acceptors (Lipinski definition) is 2. The molecule has 0 fully saturated rings. The van der Waals surface area contributed by atoms with Crippen LogP contribution in [0.4, 0.5) is 0 Å². The fourth-order valence-corrected chi connectivity index (χ4v) is 0.924.